The highest BCUT2D eigenvalue weighted by Gasteiger charge is 2.38. The highest BCUT2D eigenvalue weighted by molar-refractivity contribution is 6.21. The Morgan fingerprint density at radius 2 is 0.320 bits per heavy atom. The standard InChI is InChI=1S/C45F21N9/c46-13-4(1-67)7(10-16(49)25(58)31(64)26(59)17(10)50)22(55)37-34(13)70-40-43(73-37)41-45(75-39-24(57)9(6(3-69)15(48)36(39)71-41)12-20(53)29(62)33(66)30(63)21(12)54)42-44(40)74-38-23(56)8(5(2-68)14(47)35(38)72-42)11-18(51)27(60)32(65)28(61)19(11)52. The minimum absolute atomic E-state index is 0.912. The van der Waals surface area contributed by atoms with Gasteiger partial charge in [-0.2, -0.15) is 15.8 Å². The van der Waals surface area contributed by atoms with E-state index >= 15 is 52.7 Å². The first-order chi connectivity index (χ1) is 35.4. The van der Waals surface area contributed by atoms with Gasteiger partial charge >= 0.3 is 0 Å². The van der Waals surface area contributed by atoms with E-state index in [-0.39, 0.29) is 0 Å². The molecule has 0 saturated carbocycles. The van der Waals surface area contributed by atoms with Crippen molar-refractivity contribution in [2.45, 2.75) is 0 Å². The van der Waals surface area contributed by atoms with Gasteiger partial charge in [0, 0.05) is 16.7 Å². The van der Waals surface area contributed by atoms with Crippen LogP contribution < -0.4 is 0 Å². The molecule has 9 nitrogen and oxygen atoms in total. The van der Waals surface area contributed by atoms with E-state index in [1.807, 2.05) is 0 Å². The average Bonchev–Trinajstić information content (AvgIpc) is 3.40. The summed E-state index contributed by atoms with van der Waals surface area (Å²) in [5.41, 5.74) is -36.8. The summed E-state index contributed by atoms with van der Waals surface area (Å²) in [5.74, 6) is -56.3. The lowest BCUT2D eigenvalue weighted by Gasteiger charge is -2.16. The molecule has 10 aromatic rings. The van der Waals surface area contributed by atoms with Crippen molar-refractivity contribution in [2.24, 2.45) is 0 Å². The van der Waals surface area contributed by atoms with Crippen LogP contribution >= 0.6 is 0 Å². The molecule has 10 rings (SSSR count). The Hall–Kier alpha value is -9.66. The summed E-state index contributed by atoms with van der Waals surface area (Å²) in [6.45, 7) is 0. The fourth-order valence-corrected chi connectivity index (χ4v) is 8.08. The molecule has 0 aliphatic heterocycles. The van der Waals surface area contributed by atoms with E-state index in [1.54, 1.807) is 0 Å². The zero-order valence-corrected chi connectivity index (χ0v) is 34.5. The molecular weight excluding hydrogens is 1070 g/mol. The van der Waals surface area contributed by atoms with Gasteiger partial charge in [0.05, 0.1) is 16.7 Å². The molecule has 0 atom stereocenters. The van der Waals surface area contributed by atoms with Crippen molar-refractivity contribution in [1.82, 2.24) is 29.9 Å². The van der Waals surface area contributed by atoms with Gasteiger partial charge in [0.2, 0.25) is 17.5 Å². The number of benzene rings is 7. The Labute approximate surface area is 394 Å². The van der Waals surface area contributed by atoms with E-state index in [0.717, 1.165) is 18.2 Å². The Morgan fingerprint density at radius 1 is 0.173 bits per heavy atom. The second-order valence-corrected chi connectivity index (χ2v) is 15.2. The third-order valence-corrected chi connectivity index (χ3v) is 11.4. The molecule has 3 heterocycles. The molecular formula is C45F21N9. The number of aromatic nitrogens is 6. The van der Waals surface area contributed by atoms with Crippen LogP contribution in [0.25, 0.3) is 99.6 Å². The van der Waals surface area contributed by atoms with Crippen molar-refractivity contribution in [3.05, 3.63) is 139 Å². The topological polar surface area (TPSA) is 149 Å². The first-order valence-corrected chi connectivity index (χ1v) is 19.3. The molecule has 0 saturated heterocycles. The predicted molar refractivity (Wildman–Crippen MR) is 208 cm³/mol. The zero-order valence-electron chi connectivity index (χ0n) is 34.5. The van der Waals surface area contributed by atoms with Crippen molar-refractivity contribution >= 4 is 66.2 Å². The van der Waals surface area contributed by atoms with Gasteiger partial charge in [-0.3, -0.25) is 0 Å². The Balaban J connectivity index is 1.46. The predicted octanol–water partition coefficient (Wildman–Crippen LogP) is 12.5. The molecule has 372 valence electrons. The van der Waals surface area contributed by atoms with Crippen molar-refractivity contribution in [1.29, 1.82) is 15.8 Å². The van der Waals surface area contributed by atoms with E-state index in [9.17, 15) is 55.3 Å². The first-order valence-electron chi connectivity index (χ1n) is 19.3. The summed E-state index contributed by atoms with van der Waals surface area (Å²) in [7, 11) is 0. The molecule has 0 bridgehead atoms. The van der Waals surface area contributed by atoms with Gasteiger partial charge in [0.15, 0.2) is 105 Å². The van der Waals surface area contributed by atoms with Crippen molar-refractivity contribution < 1.29 is 92.2 Å². The maximum atomic E-state index is 16.8. The third-order valence-electron chi connectivity index (χ3n) is 11.4. The molecule has 75 heavy (non-hydrogen) atoms. The van der Waals surface area contributed by atoms with Gasteiger partial charge in [-0.25, -0.2) is 122 Å². The molecule has 0 aliphatic rings. The highest BCUT2D eigenvalue weighted by atomic mass is 19.2. The number of nitrogens with zero attached hydrogens (tertiary/aromatic N) is 9. The van der Waals surface area contributed by atoms with Crippen molar-refractivity contribution in [3.63, 3.8) is 0 Å². The van der Waals surface area contributed by atoms with Crippen LogP contribution in [0.5, 0.6) is 0 Å². The fraction of sp³-hybridized carbons (Fsp3) is 0. The van der Waals surface area contributed by atoms with Crippen LogP contribution in [0.1, 0.15) is 16.7 Å². The second kappa shape index (κ2) is 16.4. The first kappa shape index (κ1) is 48.9. The zero-order chi connectivity index (χ0) is 54.6. The summed E-state index contributed by atoms with van der Waals surface area (Å²) in [5, 5.41) is 29.6. The number of halogens is 21. The van der Waals surface area contributed by atoms with Crippen LogP contribution in [0.2, 0.25) is 0 Å². The van der Waals surface area contributed by atoms with Gasteiger partial charge in [-0.15, -0.1) is 0 Å². The van der Waals surface area contributed by atoms with E-state index < -0.39 is 238 Å². The maximum absolute atomic E-state index is 16.8. The lowest BCUT2D eigenvalue weighted by atomic mass is 9.95. The van der Waals surface area contributed by atoms with E-state index in [1.165, 1.54) is 0 Å². The average molecular weight is 1070 g/mol. The van der Waals surface area contributed by atoms with E-state index in [2.05, 4.69) is 29.9 Å². The number of hydrogen-bond acceptors (Lipinski definition) is 9. The number of hydrogen-bond donors (Lipinski definition) is 0. The lowest BCUT2D eigenvalue weighted by Crippen LogP contribution is -2.10. The molecule has 0 amide bonds. The smallest absolute Gasteiger partial charge is 0.200 e. The summed E-state index contributed by atoms with van der Waals surface area (Å²) in [6, 6.07) is 2.74. The Bertz CT molecular complexity index is 4030. The third kappa shape index (κ3) is 6.23. The molecule has 0 N–H and O–H groups in total. The van der Waals surface area contributed by atoms with Gasteiger partial charge in [-0.05, 0) is 0 Å². The lowest BCUT2D eigenvalue weighted by molar-refractivity contribution is 0.381. The molecule has 0 unspecified atom stereocenters. The van der Waals surface area contributed by atoms with Crippen molar-refractivity contribution in [3.8, 4) is 51.6 Å². The molecule has 0 fully saturated rings. The summed E-state index contributed by atoms with van der Waals surface area (Å²) >= 11 is 0. The van der Waals surface area contributed by atoms with Gasteiger partial charge in [-0.1, -0.05) is 0 Å². The van der Waals surface area contributed by atoms with Crippen LogP contribution in [0, 0.1) is 156 Å². The van der Waals surface area contributed by atoms with E-state index in [0.29, 0.717) is 0 Å². The minimum atomic E-state index is -2.86. The molecule has 3 aromatic heterocycles. The molecule has 0 aliphatic carbocycles. The molecule has 0 radical (unpaired) electrons. The van der Waals surface area contributed by atoms with Crippen LogP contribution in [0.4, 0.5) is 92.2 Å². The van der Waals surface area contributed by atoms with Gasteiger partial charge in [0.1, 0.15) is 101 Å². The number of rotatable bonds is 3. The van der Waals surface area contributed by atoms with Crippen LogP contribution in [-0.4, -0.2) is 29.9 Å². The normalized spacial score (nSPS) is 11.8. The van der Waals surface area contributed by atoms with Crippen molar-refractivity contribution in [2.75, 3.05) is 0 Å². The highest BCUT2D eigenvalue weighted by Crippen LogP contribution is 2.45. The van der Waals surface area contributed by atoms with Crippen LogP contribution in [0.15, 0.2) is 0 Å². The SMILES string of the molecule is N#Cc1c(-c2c(F)c(F)c(F)c(F)c2F)c(F)c2nc3c4nc5c(F)c(C#N)c(-c6c(F)c(F)c(F)c(F)c6F)c(F)c5nc4c4nc5c(F)c(C#N)c(-c6c(F)c(F)c(F)c(F)c6F)c(F)c5nc4c3nc2c1F. The summed E-state index contributed by atoms with van der Waals surface area (Å²) in [4.78, 5) is 22.2. The molecule has 30 heteroatoms. The Kier molecular flexibility index (Phi) is 10.7. The van der Waals surface area contributed by atoms with Gasteiger partial charge in [0.25, 0.3) is 0 Å². The van der Waals surface area contributed by atoms with Gasteiger partial charge < -0.3 is 0 Å². The fourth-order valence-electron chi connectivity index (χ4n) is 8.08. The largest absolute Gasteiger partial charge is 0.239 e. The minimum Gasteiger partial charge on any atom is -0.239 e. The molecule has 7 aromatic carbocycles. The quantitative estimate of drug-likeness (QED) is 0.0554. The second-order valence-electron chi connectivity index (χ2n) is 15.2. The molecule has 0 spiro atoms. The number of nitriles is 3. The summed E-state index contributed by atoms with van der Waals surface area (Å²) in [6.07, 6.45) is 0. The maximum Gasteiger partial charge on any atom is 0.200 e. The monoisotopic (exact) mass is 1060 g/mol. The van der Waals surface area contributed by atoms with Crippen LogP contribution in [-0.2, 0) is 0 Å². The number of fused-ring (bicyclic) bond motifs is 9. The summed E-state index contributed by atoms with van der Waals surface area (Å²) < 4.78 is 320. The van der Waals surface area contributed by atoms with Crippen LogP contribution in [0.3, 0.4) is 0 Å². The van der Waals surface area contributed by atoms with E-state index in [4.69, 9.17) is 0 Å². The Morgan fingerprint density at radius 3 is 0.480 bits per heavy atom.